The van der Waals surface area contributed by atoms with Gasteiger partial charge in [0.25, 0.3) is 0 Å². The van der Waals surface area contributed by atoms with Gasteiger partial charge >= 0.3 is 0 Å². The zero-order chi connectivity index (χ0) is 13.1. The molecule has 0 bridgehead atoms. The molecule has 17 heavy (non-hydrogen) atoms. The second-order valence-corrected chi connectivity index (χ2v) is 4.83. The molecule has 0 aromatic carbocycles. The molecule has 0 saturated carbocycles. The molecule has 0 spiro atoms. The Balaban J connectivity index is 4.09. The number of hydrogen-bond donors (Lipinski definition) is 1. The molecule has 1 N–H and O–H groups in total. The number of hydrogen-bond acceptors (Lipinski definition) is 3. The lowest BCUT2D eigenvalue weighted by molar-refractivity contribution is 0.0930. The molecule has 0 aliphatic rings. The van der Waals surface area contributed by atoms with Crippen LogP contribution in [0.1, 0.15) is 47.5 Å². The van der Waals surface area contributed by atoms with Crippen LogP contribution < -0.4 is 5.32 Å². The van der Waals surface area contributed by atoms with Crippen LogP contribution in [0.4, 0.5) is 0 Å². The van der Waals surface area contributed by atoms with E-state index in [0.29, 0.717) is 12.1 Å². The van der Waals surface area contributed by atoms with Gasteiger partial charge in [0.15, 0.2) is 0 Å². The molecule has 0 aliphatic heterocycles. The van der Waals surface area contributed by atoms with Gasteiger partial charge in [0.05, 0.1) is 6.61 Å². The number of ether oxygens (including phenoxy) is 1. The van der Waals surface area contributed by atoms with Crippen LogP contribution in [0.3, 0.4) is 0 Å². The van der Waals surface area contributed by atoms with E-state index in [1.54, 1.807) is 0 Å². The fourth-order valence-corrected chi connectivity index (χ4v) is 2.04. The molecular weight excluding hydrogens is 212 g/mol. The van der Waals surface area contributed by atoms with E-state index in [4.69, 9.17) is 4.74 Å². The summed E-state index contributed by atoms with van der Waals surface area (Å²) >= 11 is 0. The highest BCUT2D eigenvalue weighted by Crippen LogP contribution is 2.06. The van der Waals surface area contributed by atoms with Crippen LogP contribution in [0, 0.1) is 0 Å². The smallest absolute Gasteiger partial charge is 0.0593 e. The zero-order valence-corrected chi connectivity index (χ0v) is 12.5. The fourth-order valence-electron chi connectivity index (χ4n) is 2.04. The highest BCUT2D eigenvalue weighted by atomic mass is 16.5. The average molecular weight is 244 g/mol. The van der Waals surface area contributed by atoms with E-state index in [9.17, 15) is 0 Å². The van der Waals surface area contributed by atoms with Gasteiger partial charge < -0.3 is 10.1 Å². The Kier molecular flexibility index (Phi) is 10.9. The Labute approximate surface area is 108 Å². The summed E-state index contributed by atoms with van der Waals surface area (Å²) < 4.78 is 5.46. The van der Waals surface area contributed by atoms with Gasteiger partial charge in [-0.15, -0.1) is 0 Å². The predicted octanol–water partition coefficient (Wildman–Crippen LogP) is 2.51. The summed E-state index contributed by atoms with van der Waals surface area (Å²) in [6.07, 6.45) is 2.51. The second kappa shape index (κ2) is 11.0. The third kappa shape index (κ3) is 8.58. The van der Waals surface area contributed by atoms with Crippen molar-refractivity contribution in [2.24, 2.45) is 0 Å². The van der Waals surface area contributed by atoms with Crippen molar-refractivity contribution in [1.82, 2.24) is 10.2 Å². The molecule has 0 heterocycles. The van der Waals surface area contributed by atoms with Crippen molar-refractivity contribution < 1.29 is 4.74 Å². The lowest BCUT2D eigenvalue weighted by atomic mass is 10.1. The van der Waals surface area contributed by atoms with Gasteiger partial charge in [-0.3, -0.25) is 4.90 Å². The van der Waals surface area contributed by atoms with E-state index in [2.05, 4.69) is 44.8 Å². The summed E-state index contributed by atoms with van der Waals surface area (Å²) in [7, 11) is 0. The maximum absolute atomic E-state index is 5.46. The van der Waals surface area contributed by atoms with Crippen molar-refractivity contribution in [3.05, 3.63) is 0 Å². The standard InChI is InChI=1S/C14H32N2O/c1-6-9-14(12-15-13(4)5)16(7-2)10-11-17-8-3/h13-15H,6-12H2,1-5H3. The van der Waals surface area contributed by atoms with E-state index in [0.717, 1.165) is 32.8 Å². The molecule has 1 atom stereocenters. The van der Waals surface area contributed by atoms with Gasteiger partial charge in [0.1, 0.15) is 0 Å². The molecular formula is C14H32N2O. The molecule has 3 nitrogen and oxygen atoms in total. The minimum absolute atomic E-state index is 0.569. The molecule has 0 aromatic rings. The first kappa shape index (κ1) is 16.9. The SMILES string of the molecule is CCCC(CNC(C)C)N(CC)CCOCC. The molecule has 0 fully saturated rings. The molecule has 0 aliphatic carbocycles. The van der Waals surface area contributed by atoms with Gasteiger partial charge in [0.2, 0.25) is 0 Å². The third-order valence-electron chi connectivity index (χ3n) is 3.03. The number of likely N-dealkylation sites (N-methyl/N-ethyl adjacent to an activating group) is 1. The largest absolute Gasteiger partial charge is 0.380 e. The topological polar surface area (TPSA) is 24.5 Å². The van der Waals surface area contributed by atoms with Gasteiger partial charge in [-0.05, 0) is 19.9 Å². The molecule has 0 radical (unpaired) electrons. The molecule has 0 aromatic heterocycles. The Morgan fingerprint density at radius 3 is 2.35 bits per heavy atom. The van der Waals surface area contributed by atoms with Crippen LogP contribution >= 0.6 is 0 Å². The Bertz CT molecular complexity index is 162. The predicted molar refractivity (Wildman–Crippen MR) is 75.6 cm³/mol. The molecule has 0 rings (SSSR count). The fraction of sp³-hybridized carbons (Fsp3) is 1.00. The maximum atomic E-state index is 5.46. The molecule has 3 heteroatoms. The van der Waals surface area contributed by atoms with E-state index >= 15 is 0 Å². The summed E-state index contributed by atoms with van der Waals surface area (Å²) in [6, 6.07) is 1.22. The molecule has 104 valence electrons. The first-order valence-corrected chi connectivity index (χ1v) is 7.20. The summed E-state index contributed by atoms with van der Waals surface area (Å²) in [5.41, 5.74) is 0. The van der Waals surface area contributed by atoms with Crippen LogP contribution in [0.15, 0.2) is 0 Å². The first-order chi connectivity index (χ1) is 8.15. The van der Waals surface area contributed by atoms with Crippen molar-refractivity contribution in [2.45, 2.75) is 59.5 Å². The van der Waals surface area contributed by atoms with Gasteiger partial charge in [-0.2, -0.15) is 0 Å². The summed E-state index contributed by atoms with van der Waals surface area (Å²) in [6.45, 7) is 15.9. The highest BCUT2D eigenvalue weighted by Gasteiger charge is 2.15. The van der Waals surface area contributed by atoms with Gasteiger partial charge in [-0.1, -0.05) is 34.1 Å². The van der Waals surface area contributed by atoms with Gasteiger partial charge in [0, 0.05) is 31.8 Å². The van der Waals surface area contributed by atoms with Crippen LogP contribution in [-0.2, 0) is 4.74 Å². The van der Waals surface area contributed by atoms with Crippen molar-refractivity contribution in [2.75, 3.05) is 32.8 Å². The second-order valence-electron chi connectivity index (χ2n) is 4.83. The third-order valence-corrected chi connectivity index (χ3v) is 3.03. The lowest BCUT2D eigenvalue weighted by Crippen LogP contribution is -2.45. The molecule has 0 saturated heterocycles. The Morgan fingerprint density at radius 2 is 1.88 bits per heavy atom. The van der Waals surface area contributed by atoms with Crippen LogP contribution in [0.25, 0.3) is 0 Å². The van der Waals surface area contributed by atoms with Crippen molar-refractivity contribution in [3.63, 3.8) is 0 Å². The molecule has 1 unspecified atom stereocenters. The van der Waals surface area contributed by atoms with Crippen LogP contribution in [0.5, 0.6) is 0 Å². The number of nitrogens with one attached hydrogen (secondary N) is 1. The summed E-state index contributed by atoms with van der Waals surface area (Å²) in [4.78, 5) is 2.54. The molecule has 0 amide bonds. The van der Waals surface area contributed by atoms with E-state index in [-0.39, 0.29) is 0 Å². The number of nitrogens with zero attached hydrogens (tertiary/aromatic N) is 1. The van der Waals surface area contributed by atoms with Crippen molar-refractivity contribution in [1.29, 1.82) is 0 Å². The maximum Gasteiger partial charge on any atom is 0.0593 e. The highest BCUT2D eigenvalue weighted by molar-refractivity contribution is 4.74. The summed E-state index contributed by atoms with van der Waals surface area (Å²) in [5, 5.41) is 3.55. The van der Waals surface area contributed by atoms with Gasteiger partial charge in [-0.25, -0.2) is 0 Å². The van der Waals surface area contributed by atoms with E-state index < -0.39 is 0 Å². The van der Waals surface area contributed by atoms with Crippen LogP contribution in [-0.4, -0.2) is 49.8 Å². The lowest BCUT2D eigenvalue weighted by Gasteiger charge is -2.31. The summed E-state index contributed by atoms with van der Waals surface area (Å²) in [5.74, 6) is 0. The minimum Gasteiger partial charge on any atom is -0.380 e. The van der Waals surface area contributed by atoms with Crippen LogP contribution in [0.2, 0.25) is 0 Å². The number of rotatable bonds is 11. The quantitative estimate of drug-likeness (QED) is 0.565. The van der Waals surface area contributed by atoms with E-state index in [1.807, 2.05) is 0 Å². The van der Waals surface area contributed by atoms with Crippen molar-refractivity contribution >= 4 is 0 Å². The average Bonchev–Trinajstić information content (AvgIpc) is 2.30. The Hall–Kier alpha value is -0.120. The first-order valence-electron chi connectivity index (χ1n) is 7.20. The van der Waals surface area contributed by atoms with E-state index in [1.165, 1.54) is 12.8 Å². The normalized spacial score (nSPS) is 13.6. The Morgan fingerprint density at radius 1 is 1.18 bits per heavy atom. The van der Waals surface area contributed by atoms with Crippen molar-refractivity contribution in [3.8, 4) is 0 Å². The minimum atomic E-state index is 0.569. The monoisotopic (exact) mass is 244 g/mol. The zero-order valence-electron chi connectivity index (χ0n) is 12.5.